The molecular formula is C22H29N3O2. The molecule has 3 aromatic heterocycles. The van der Waals surface area contributed by atoms with Crippen molar-refractivity contribution in [3.8, 4) is 17.1 Å². The zero-order chi connectivity index (χ0) is 19.7. The first-order valence-corrected chi connectivity index (χ1v) is 9.40. The van der Waals surface area contributed by atoms with Gasteiger partial charge in [-0.3, -0.25) is 0 Å². The molecule has 0 aliphatic carbocycles. The summed E-state index contributed by atoms with van der Waals surface area (Å²) in [7, 11) is 3.40. The number of nitrogens with zero attached hydrogens (tertiary/aromatic N) is 3. The summed E-state index contributed by atoms with van der Waals surface area (Å²) < 4.78 is 13.2. The van der Waals surface area contributed by atoms with Crippen LogP contribution in [0.1, 0.15) is 49.6 Å². The van der Waals surface area contributed by atoms with Gasteiger partial charge in [-0.25, -0.2) is 9.97 Å². The van der Waals surface area contributed by atoms with Crippen molar-refractivity contribution in [3.63, 3.8) is 0 Å². The van der Waals surface area contributed by atoms with E-state index in [0.29, 0.717) is 18.4 Å². The maximum absolute atomic E-state index is 5.59. The average molecular weight is 367 g/mol. The van der Waals surface area contributed by atoms with Crippen LogP contribution in [0.2, 0.25) is 0 Å². The van der Waals surface area contributed by atoms with Gasteiger partial charge in [0.05, 0.1) is 42.0 Å². The second-order valence-electron chi connectivity index (χ2n) is 7.49. The fourth-order valence-electron chi connectivity index (χ4n) is 3.50. The normalized spacial score (nSPS) is 12.7. The Morgan fingerprint density at radius 2 is 1.78 bits per heavy atom. The monoisotopic (exact) mass is 367 g/mol. The summed E-state index contributed by atoms with van der Waals surface area (Å²) >= 11 is 0. The van der Waals surface area contributed by atoms with Crippen LogP contribution in [0, 0.1) is 13.8 Å². The predicted octanol–water partition coefficient (Wildman–Crippen LogP) is 5.05. The molecule has 1 atom stereocenters. The molecular weight excluding hydrogens is 338 g/mol. The van der Waals surface area contributed by atoms with Gasteiger partial charge in [-0.2, -0.15) is 0 Å². The number of hydrogen-bond donors (Lipinski definition) is 0. The Labute approximate surface area is 161 Å². The second-order valence-corrected chi connectivity index (χ2v) is 7.49. The highest BCUT2D eigenvalue weighted by atomic mass is 16.5. The van der Waals surface area contributed by atoms with Crippen LogP contribution < -0.4 is 4.74 Å². The van der Waals surface area contributed by atoms with Gasteiger partial charge in [0.15, 0.2) is 0 Å². The molecule has 0 unspecified atom stereocenters. The highest BCUT2D eigenvalue weighted by Gasteiger charge is 2.18. The zero-order valence-corrected chi connectivity index (χ0v) is 17.3. The third kappa shape index (κ3) is 3.56. The lowest BCUT2D eigenvalue weighted by atomic mass is 10.0. The number of rotatable bonds is 6. The Morgan fingerprint density at radius 3 is 2.41 bits per heavy atom. The van der Waals surface area contributed by atoms with Crippen molar-refractivity contribution in [3.05, 3.63) is 41.2 Å². The van der Waals surface area contributed by atoms with Crippen LogP contribution in [0.4, 0.5) is 0 Å². The molecule has 5 heteroatoms. The molecule has 0 aliphatic rings. The van der Waals surface area contributed by atoms with E-state index in [1.807, 2.05) is 0 Å². The van der Waals surface area contributed by atoms with Crippen LogP contribution >= 0.6 is 0 Å². The van der Waals surface area contributed by atoms with E-state index in [1.54, 1.807) is 14.2 Å². The maximum Gasteiger partial charge on any atom is 0.222 e. The van der Waals surface area contributed by atoms with E-state index < -0.39 is 0 Å². The molecule has 0 bridgehead atoms. The van der Waals surface area contributed by atoms with Gasteiger partial charge in [-0.1, -0.05) is 13.8 Å². The van der Waals surface area contributed by atoms with Crippen LogP contribution in [-0.2, 0) is 4.74 Å². The van der Waals surface area contributed by atoms with Crippen molar-refractivity contribution in [1.29, 1.82) is 0 Å². The van der Waals surface area contributed by atoms with Crippen LogP contribution in [-0.4, -0.2) is 35.4 Å². The fraction of sp³-hybridized carbons (Fsp3) is 0.455. The molecule has 0 saturated carbocycles. The number of aryl methyl sites for hydroxylation is 2. The van der Waals surface area contributed by atoms with E-state index >= 15 is 0 Å². The highest BCUT2D eigenvalue weighted by molar-refractivity contribution is 5.85. The van der Waals surface area contributed by atoms with Gasteiger partial charge in [0.1, 0.15) is 0 Å². The van der Waals surface area contributed by atoms with Crippen molar-refractivity contribution < 1.29 is 9.47 Å². The number of ether oxygens (including phenoxy) is 2. The lowest BCUT2D eigenvalue weighted by molar-refractivity contribution is 0.164. The Bertz CT molecular complexity index is 960. The second kappa shape index (κ2) is 7.69. The topological polar surface area (TPSA) is 49.2 Å². The largest absolute Gasteiger partial charge is 0.480 e. The summed E-state index contributed by atoms with van der Waals surface area (Å²) in [5.74, 6) is 0.976. The summed E-state index contributed by atoms with van der Waals surface area (Å²) in [5.41, 5.74) is 7.26. The molecule has 0 aromatic carbocycles. The zero-order valence-electron chi connectivity index (χ0n) is 17.3. The minimum absolute atomic E-state index is 0.250. The Kier molecular flexibility index (Phi) is 5.51. The highest BCUT2D eigenvalue weighted by Crippen LogP contribution is 2.34. The number of aromatic nitrogens is 3. The van der Waals surface area contributed by atoms with Gasteiger partial charge in [-0.15, -0.1) is 0 Å². The number of pyridine rings is 2. The van der Waals surface area contributed by atoms with Gasteiger partial charge in [0.2, 0.25) is 5.88 Å². The van der Waals surface area contributed by atoms with Gasteiger partial charge < -0.3 is 14.0 Å². The quantitative estimate of drug-likeness (QED) is 0.611. The van der Waals surface area contributed by atoms with Crippen molar-refractivity contribution in [1.82, 2.24) is 14.5 Å². The average Bonchev–Trinajstić information content (AvgIpc) is 2.96. The molecule has 0 spiro atoms. The Hall–Kier alpha value is -2.40. The van der Waals surface area contributed by atoms with Crippen LogP contribution in [0.15, 0.2) is 24.4 Å². The molecule has 144 valence electrons. The molecule has 0 aliphatic heterocycles. The van der Waals surface area contributed by atoms with Crippen LogP contribution in [0.25, 0.3) is 22.3 Å². The van der Waals surface area contributed by atoms with Crippen LogP contribution in [0.5, 0.6) is 5.88 Å². The van der Waals surface area contributed by atoms with Crippen molar-refractivity contribution in [2.75, 3.05) is 20.8 Å². The first-order valence-electron chi connectivity index (χ1n) is 9.40. The fourth-order valence-corrected chi connectivity index (χ4v) is 3.50. The molecule has 0 radical (unpaired) electrons. The molecule has 3 heterocycles. The van der Waals surface area contributed by atoms with Crippen molar-refractivity contribution in [2.24, 2.45) is 0 Å². The third-order valence-electron chi connectivity index (χ3n) is 4.98. The predicted molar refractivity (Wildman–Crippen MR) is 110 cm³/mol. The van der Waals surface area contributed by atoms with Gasteiger partial charge >= 0.3 is 0 Å². The van der Waals surface area contributed by atoms with E-state index in [-0.39, 0.29) is 6.04 Å². The number of hydrogen-bond acceptors (Lipinski definition) is 4. The van der Waals surface area contributed by atoms with E-state index in [0.717, 1.165) is 39.1 Å². The minimum atomic E-state index is 0.250. The maximum atomic E-state index is 5.59. The summed E-state index contributed by atoms with van der Waals surface area (Å²) in [6, 6.07) is 6.58. The molecule has 0 amide bonds. The molecule has 5 nitrogen and oxygen atoms in total. The van der Waals surface area contributed by atoms with E-state index in [2.05, 4.69) is 68.6 Å². The Morgan fingerprint density at radius 1 is 1.04 bits per heavy atom. The minimum Gasteiger partial charge on any atom is -0.480 e. The SMILES string of the molecule is COC[C@@H](C)n1cc(C)c2nc(-c3ccc(C(C)C)nc3OC)c(C)cc21. The lowest BCUT2D eigenvalue weighted by Gasteiger charge is -2.16. The van der Waals surface area contributed by atoms with Crippen molar-refractivity contribution in [2.45, 2.75) is 46.6 Å². The summed E-state index contributed by atoms with van der Waals surface area (Å²) in [6.45, 7) is 11.3. The molecule has 0 saturated heterocycles. The molecule has 27 heavy (non-hydrogen) atoms. The van der Waals surface area contributed by atoms with Gasteiger partial charge in [0, 0.05) is 19.0 Å². The van der Waals surface area contributed by atoms with E-state index in [1.165, 1.54) is 0 Å². The first-order chi connectivity index (χ1) is 12.9. The summed E-state index contributed by atoms with van der Waals surface area (Å²) in [5, 5.41) is 0. The first kappa shape index (κ1) is 19.4. The summed E-state index contributed by atoms with van der Waals surface area (Å²) in [6.07, 6.45) is 2.15. The summed E-state index contributed by atoms with van der Waals surface area (Å²) in [4.78, 5) is 9.69. The number of methoxy groups -OCH3 is 2. The standard InChI is InChI=1S/C22H29N3O2/c1-13(2)18-9-8-17(22(23-18)27-7)20-14(3)10-19-21(24-20)15(4)11-25(19)16(5)12-26-6/h8-11,13,16H,12H2,1-7H3/t16-/m1/s1. The Balaban J connectivity index is 2.17. The molecule has 0 fully saturated rings. The third-order valence-corrected chi connectivity index (χ3v) is 4.98. The van der Waals surface area contributed by atoms with E-state index in [9.17, 15) is 0 Å². The molecule has 0 N–H and O–H groups in total. The van der Waals surface area contributed by atoms with Gasteiger partial charge in [0.25, 0.3) is 0 Å². The van der Waals surface area contributed by atoms with Crippen LogP contribution in [0.3, 0.4) is 0 Å². The van der Waals surface area contributed by atoms with Crippen molar-refractivity contribution >= 4 is 11.0 Å². The molecule has 3 aromatic rings. The number of fused-ring (bicyclic) bond motifs is 1. The lowest BCUT2D eigenvalue weighted by Crippen LogP contribution is -2.10. The van der Waals surface area contributed by atoms with E-state index in [4.69, 9.17) is 14.5 Å². The smallest absolute Gasteiger partial charge is 0.222 e. The molecule has 3 rings (SSSR count). The van der Waals surface area contributed by atoms with Gasteiger partial charge in [-0.05, 0) is 56.0 Å².